The number of aliphatic hydroxyl groups excluding tert-OH is 1. The average molecular weight is 478 g/mol. The Labute approximate surface area is 209 Å². The first-order chi connectivity index (χ1) is 16.7. The fraction of sp³-hybridized carbons (Fsp3) is 0.483. The summed E-state index contributed by atoms with van der Waals surface area (Å²) in [5, 5.41) is 15.6. The van der Waals surface area contributed by atoms with E-state index in [-0.39, 0.29) is 5.60 Å². The molecule has 0 saturated heterocycles. The van der Waals surface area contributed by atoms with Crippen LogP contribution in [0.1, 0.15) is 50.4 Å². The molecule has 0 bridgehead atoms. The quantitative estimate of drug-likeness (QED) is 0.386. The van der Waals surface area contributed by atoms with E-state index >= 15 is 0 Å². The molecule has 0 radical (unpaired) electrons. The fourth-order valence-corrected chi connectivity index (χ4v) is 4.08. The summed E-state index contributed by atoms with van der Waals surface area (Å²) in [5.74, 6) is 2.19. The van der Waals surface area contributed by atoms with Crippen LogP contribution in [0.4, 0.5) is 0 Å². The third-order valence-electron chi connectivity index (χ3n) is 6.15. The summed E-state index contributed by atoms with van der Waals surface area (Å²) < 4.78 is 14.2. The summed E-state index contributed by atoms with van der Waals surface area (Å²) in [6, 6.07) is 18.2. The maximum atomic E-state index is 10.8. The van der Waals surface area contributed by atoms with Crippen molar-refractivity contribution in [2.45, 2.75) is 65.7 Å². The Kier molecular flexibility index (Phi) is 7.95. The first-order valence-electron chi connectivity index (χ1n) is 12.6. The van der Waals surface area contributed by atoms with E-state index in [1.807, 2.05) is 74.8 Å². The van der Waals surface area contributed by atoms with E-state index in [0.29, 0.717) is 25.6 Å². The molecule has 2 aromatic carbocycles. The van der Waals surface area contributed by atoms with Gasteiger partial charge in [-0.05, 0) is 77.6 Å². The van der Waals surface area contributed by atoms with Crippen LogP contribution in [0.5, 0.6) is 11.6 Å². The van der Waals surface area contributed by atoms with Gasteiger partial charge in [-0.1, -0.05) is 35.9 Å². The van der Waals surface area contributed by atoms with Gasteiger partial charge in [0.2, 0.25) is 5.88 Å². The van der Waals surface area contributed by atoms with Gasteiger partial charge >= 0.3 is 0 Å². The van der Waals surface area contributed by atoms with Crippen molar-refractivity contribution < 1.29 is 14.6 Å². The van der Waals surface area contributed by atoms with Gasteiger partial charge < -0.3 is 14.6 Å². The third kappa shape index (κ3) is 7.40. The van der Waals surface area contributed by atoms with Crippen molar-refractivity contribution >= 4 is 0 Å². The number of para-hydroxylation sites is 1. The number of benzene rings is 2. The summed E-state index contributed by atoms with van der Waals surface area (Å²) in [5.41, 5.74) is 3.84. The molecule has 0 aliphatic heterocycles. The molecule has 1 saturated carbocycles. The van der Waals surface area contributed by atoms with Crippen LogP contribution in [-0.2, 0) is 11.3 Å². The highest BCUT2D eigenvalue weighted by Gasteiger charge is 2.28. The molecule has 188 valence electrons. The predicted molar refractivity (Wildman–Crippen MR) is 139 cm³/mol. The number of aryl methyl sites for hydroxylation is 2. The molecule has 0 spiro atoms. The van der Waals surface area contributed by atoms with Crippen LogP contribution in [0.25, 0.3) is 5.69 Å². The Hall–Kier alpha value is -2.67. The topological polar surface area (TPSA) is 59.8 Å². The molecule has 1 atom stereocenters. The normalized spacial score (nSPS) is 14.9. The summed E-state index contributed by atoms with van der Waals surface area (Å²) in [4.78, 5) is 2.33. The van der Waals surface area contributed by atoms with E-state index in [2.05, 4.69) is 24.0 Å². The van der Waals surface area contributed by atoms with E-state index in [9.17, 15) is 5.11 Å². The van der Waals surface area contributed by atoms with Crippen molar-refractivity contribution in [1.29, 1.82) is 0 Å². The first-order valence-corrected chi connectivity index (χ1v) is 12.6. The number of hydrogen-bond acceptors (Lipinski definition) is 5. The number of ether oxygens (including phenoxy) is 2. The number of rotatable bonds is 11. The zero-order valence-corrected chi connectivity index (χ0v) is 21.7. The van der Waals surface area contributed by atoms with Crippen LogP contribution in [0.15, 0.2) is 54.6 Å². The zero-order valence-electron chi connectivity index (χ0n) is 21.7. The first kappa shape index (κ1) is 25.4. The largest absolute Gasteiger partial charge is 0.439 e. The van der Waals surface area contributed by atoms with Crippen molar-refractivity contribution in [3.05, 3.63) is 71.4 Å². The third-order valence-corrected chi connectivity index (χ3v) is 6.15. The zero-order chi connectivity index (χ0) is 25.0. The molecule has 0 unspecified atom stereocenters. The lowest BCUT2D eigenvalue weighted by molar-refractivity contribution is -0.0569. The Bertz CT molecular complexity index is 1080. The molecule has 1 heterocycles. The van der Waals surface area contributed by atoms with E-state index in [1.54, 1.807) is 0 Å². The van der Waals surface area contributed by atoms with Gasteiger partial charge in [-0.3, -0.25) is 4.90 Å². The Morgan fingerprint density at radius 3 is 2.37 bits per heavy atom. The van der Waals surface area contributed by atoms with Crippen LogP contribution < -0.4 is 4.74 Å². The molecule has 4 rings (SSSR count). The van der Waals surface area contributed by atoms with Crippen LogP contribution >= 0.6 is 0 Å². The smallest absolute Gasteiger partial charge is 0.227 e. The van der Waals surface area contributed by atoms with Gasteiger partial charge in [0.15, 0.2) is 0 Å². The Balaban J connectivity index is 1.61. The second kappa shape index (κ2) is 10.9. The van der Waals surface area contributed by atoms with Crippen molar-refractivity contribution in [2.75, 3.05) is 19.7 Å². The lowest BCUT2D eigenvalue weighted by atomic mass is 10.2. The molecule has 3 aromatic rings. The number of aliphatic hydroxyl groups is 1. The number of aromatic nitrogens is 2. The van der Waals surface area contributed by atoms with Crippen molar-refractivity contribution in [2.24, 2.45) is 5.92 Å². The highest BCUT2D eigenvalue weighted by Crippen LogP contribution is 2.34. The molecule has 1 aliphatic carbocycles. The molecular formula is C29H39N3O3. The van der Waals surface area contributed by atoms with Crippen LogP contribution in [-0.4, -0.2) is 51.2 Å². The average Bonchev–Trinajstić information content (AvgIpc) is 3.58. The summed E-state index contributed by atoms with van der Waals surface area (Å²) in [6.45, 7) is 12.6. The highest BCUT2D eigenvalue weighted by atomic mass is 16.5. The molecule has 6 nitrogen and oxygen atoms in total. The minimum Gasteiger partial charge on any atom is -0.439 e. The fourth-order valence-electron chi connectivity index (χ4n) is 4.08. The van der Waals surface area contributed by atoms with Gasteiger partial charge in [-0.15, -0.1) is 0 Å². The van der Waals surface area contributed by atoms with Gasteiger partial charge in [0, 0.05) is 19.6 Å². The summed E-state index contributed by atoms with van der Waals surface area (Å²) in [6.07, 6.45) is 1.94. The van der Waals surface area contributed by atoms with Gasteiger partial charge in [-0.25, -0.2) is 4.68 Å². The molecule has 1 aliphatic rings. The van der Waals surface area contributed by atoms with E-state index in [0.717, 1.165) is 35.1 Å². The van der Waals surface area contributed by atoms with Crippen molar-refractivity contribution in [1.82, 2.24) is 14.7 Å². The maximum absolute atomic E-state index is 10.8. The SMILES string of the molecule is Cc1ccc(Oc2c(CN(CC3CC3)C[C@H](O)COC(C)(C)C)c(C)nn2-c2ccccc2)cc1. The number of nitrogens with zero attached hydrogens (tertiary/aromatic N) is 3. The minimum absolute atomic E-state index is 0.273. The van der Waals surface area contributed by atoms with Gasteiger partial charge in [0.25, 0.3) is 0 Å². The molecule has 6 heteroatoms. The second-order valence-electron chi connectivity index (χ2n) is 10.7. The minimum atomic E-state index is -0.557. The van der Waals surface area contributed by atoms with E-state index in [1.165, 1.54) is 18.4 Å². The van der Waals surface area contributed by atoms with Crippen LogP contribution in [0.2, 0.25) is 0 Å². The predicted octanol–water partition coefficient (Wildman–Crippen LogP) is 5.67. The van der Waals surface area contributed by atoms with Crippen molar-refractivity contribution in [3.8, 4) is 17.3 Å². The molecular weight excluding hydrogens is 438 g/mol. The van der Waals surface area contributed by atoms with Gasteiger partial charge in [0.1, 0.15) is 5.75 Å². The summed E-state index contributed by atoms with van der Waals surface area (Å²) in [7, 11) is 0. The molecule has 1 aromatic heterocycles. The second-order valence-corrected chi connectivity index (χ2v) is 10.7. The highest BCUT2D eigenvalue weighted by molar-refractivity contribution is 5.43. The Morgan fingerprint density at radius 2 is 1.74 bits per heavy atom. The van der Waals surface area contributed by atoms with Crippen LogP contribution in [0.3, 0.4) is 0 Å². The summed E-state index contributed by atoms with van der Waals surface area (Å²) >= 11 is 0. The van der Waals surface area contributed by atoms with Crippen molar-refractivity contribution in [3.63, 3.8) is 0 Å². The molecule has 1 N–H and O–H groups in total. The lowest BCUT2D eigenvalue weighted by Crippen LogP contribution is -2.37. The monoisotopic (exact) mass is 477 g/mol. The van der Waals surface area contributed by atoms with E-state index in [4.69, 9.17) is 14.6 Å². The molecule has 1 fully saturated rings. The van der Waals surface area contributed by atoms with Gasteiger partial charge in [0.05, 0.1) is 35.3 Å². The lowest BCUT2D eigenvalue weighted by Gasteiger charge is -2.27. The Morgan fingerprint density at radius 1 is 1.06 bits per heavy atom. The molecule has 0 amide bonds. The van der Waals surface area contributed by atoms with Gasteiger partial charge in [-0.2, -0.15) is 5.10 Å². The molecule has 35 heavy (non-hydrogen) atoms. The van der Waals surface area contributed by atoms with E-state index < -0.39 is 6.10 Å². The standard InChI is InChI=1S/C29H39N3O3/c1-21-11-15-26(16-12-21)35-28-27(22(2)30-32(28)24-9-7-6-8-10-24)19-31(17-23-13-14-23)18-25(33)20-34-29(3,4)5/h6-12,15-16,23,25,33H,13-14,17-20H2,1-5H3/t25-/m0/s1. The van der Waals surface area contributed by atoms with Crippen LogP contribution in [0, 0.1) is 19.8 Å². The maximum Gasteiger partial charge on any atom is 0.227 e. The number of hydrogen-bond donors (Lipinski definition) is 1.